The fraction of sp³-hybridized carbons (Fsp3) is 0.304. The van der Waals surface area contributed by atoms with Crippen LogP contribution in [0.25, 0.3) is 5.69 Å². The number of nitrogens with zero attached hydrogens (tertiary/aromatic N) is 4. The number of morpholine rings is 1. The number of carbonyl (C=O) groups is 1. The molecule has 1 aromatic heterocycles. The van der Waals surface area contributed by atoms with Crippen molar-refractivity contribution >= 4 is 5.91 Å². The predicted octanol–water partition coefficient (Wildman–Crippen LogP) is 1.53. The number of benzene rings is 2. The van der Waals surface area contributed by atoms with Gasteiger partial charge in [-0.2, -0.15) is 9.78 Å². The molecule has 1 amide bonds. The number of rotatable bonds is 4. The lowest BCUT2D eigenvalue weighted by Crippen LogP contribution is -2.48. The summed E-state index contributed by atoms with van der Waals surface area (Å²) in [4.78, 5) is 41.2. The van der Waals surface area contributed by atoms with Crippen LogP contribution in [0.15, 0.2) is 58.1 Å². The Morgan fingerprint density at radius 2 is 1.77 bits per heavy atom. The molecule has 0 atom stereocenters. The Labute approximate surface area is 179 Å². The van der Waals surface area contributed by atoms with Crippen LogP contribution in [0.2, 0.25) is 0 Å². The van der Waals surface area contributed by atoms with E-state index in [1.54, 1.807) is 18.2 Å². The summed E-state index contributed by atoms with van der Waals surface area (Å²) in [5.41, 5.74) is 1.67. The SMILES string of the molecule is Cc1cccc(-n2nc(C(=O)N3CCOCC3)c(=O)n(Cc3ccccc3C)c2=O)c1. The van der Waals surface area contributed by atoms with Gasteiger partial charge in [-0.25, -0.2) is 4.79 Å². The minimum atomic E-state index is -0.686. The van der Waals surface area contributed by atoms with Gasteiger partial charge in [0.25, 0.3) is 11.5 Å². The largest absolute Gasteiger partial charge is 0.378 e. The lowest BCUT2D eigenvalue weighted by atomic mass is 10.1. The average molecular weight is 420 g/mol. The molecule has 1 saturated heterocycles. The summed E-state index contributed by atoms with van der Waals surface area (Å²) >= 11 is 0. The summed E-state index contributed by atoms with van der Waals surface area (Å²) in [7, 11) is 0. The van der Waals surface area contributed by atoms with E-state index in [4.69, 9.17) is 4.74 Å². The Morgan fingerprint density at radius 1 is 1.03 bits per heavy atom. The van der Waals surface area contributed by atoms with E-state index >= 15 is 0 Å². The Morgan fingerprint density at radius 3 is 2.48 bits per heavy atom. The molecule has 1 aliphatic heterocycles. The van der Waals surface area contributed by atoms with Gasteiger partial charge in [0.1, 0.15) is 0 Å². The van der Waals surface area contributed by atoms with Gasteiger partial charge in [-0.3, -0.25) is 14.2 Å². The van der Waals surface area contributed by atoms with Crippen molar-refractivity contribution in [3.63, 3.8) is 0 Å². The molecular weight excluding hydrogens is 396 g/mol. The monoisotopic (exact) mass is 420 g/mol. The van der Waals surface area contributed by atoms with Crippen LogP contribution >= 0.6 is 0 Å². The first-order valence-corrected chi connectivity index (χ1v) is 10.2. The zero-order chi connectivity index (χ0) is 22.0. The van der Waals surface area contributed by atoms with Gasteiger partial charge >= 0.3 is 5.69 Å². The summed E-state index contributed by atoms with van der Waals surface area (Å²) in [5.74, 6) is -0.492. The molecule has 8 heteroatoms. The number of ether oxygens (including phenoxy) is 1. The second-order valence-corrected chi connectivity index (χ2v) is 7.60. The minimum absolute atomic E-state index is 0.0576. The molecule has 8 nitrogen and oxygen atoms in total. The van der Waals surface area contributed by atoms with E-state index in [-0.39, 0.29) is 12.2 Å². The highest BCUT2D eigenvalue weighted by atomic mass is 16.5. The van der Waals surface area contributed by atoms with Crippen molar-refractivity contribution in [3.8, 4) is 5.69 Å². The molecule has 0 bridgehead atoms. The molecule has 2 aromatic carbocycles. The third-order valence-corrected chi connectivity index (χ3v) is 5.40. The third kappa shape index (κ3) is 4.20. The fourth-order valence-electron chi connectivity index (χ4n) is 3.59. The van der Waals surface area contributed by atoms with E-state index in [1.165, 1.54) is 4.90 Å². The second kappa shape index (κ2) is 8.69. The van der Waals surface area contributed by atoms with Crippen molar-refractivity contribution < 1.29 is 9.53 Å². The fourth-order valence-corrected chi connectivity index (χ4v) is 3.59. The highest BCUT2D eigenvalue weighted by Crippen LogP contribution is 2.10. The topological polar surface area (TPSA) is 86.4 Å². The molecule has 160 valence electrons. The van der Waals surface area contributed by atoms with Crippen LogP contribution in [0.1, 0.15) is 27.2 Å². The van der Waals surface area contributed by atoms with E-state index in [9.17, 15) is 14.4 Å². The zero-order valence-electron chi connectivity index (χ0n) is 17.6. The van der Waals surface area contributed by atoms with Crippen LogP contribution in [-0.2, 0) is 11.3 Å². The first-order valence-electron chi connectivity index (χ1n) is 10.2. The maximum Gasteiger partial charge on any atom is 0.352 e. The molecule has 0 saturated carbocycles. The molecule has 0 radical (unpaired) electrons. The van der Waals surface area contributed by atoms with Crippen molar-refractivity contribution in [1.29, 1.82) is 0 Å². The molecule has 1 aliphatic rings. The standard InChI is InChI=1S/C23H24N4O4/c1-16-6-5-9-19(14-16)27-23(30)26(15-18-8-4-3-7-17(18)2)22(29)20(24-27)21(28)25-10-12-31-13-11-25/h3-9,14H,10-13,15H2,1-2H3. The Balaban J connectivity index is 1.89. The quantitative estimate of drug-likeness (QED) is 0.639. The predicted molar refractivity (Wildman–Crippen MR) is 116 cm³/mol. The molecule has 0 spiro atoms. The molecular formula is C23H24N4O4. The van der Waals surface area contributed by atoms with Crippen LogP contribution in [0.5, 0.6) is 0 Å². The van der Waals surface area contributed by atoms with Gasteiger partial charge in [0.05, 0.1) is 25.4 Å². The smallest absolute Gasteiger partial charge is 0.352 e. The van der Waals surface area contributed by atoms with Crippen LogP contribution in [-0.4, -0.2) is 51.5 Å². The van der Waals surface area contributed by atoms with Crippen molar-refractivity contribution in [1.82, 2.24) is 19.2 Å². The molecule has 31 heavy (non-hydrogen) atoms. The second-order valence-electron chi connectivity index (χ2n) is 7.60. The summed E-state index contributed by atoms with van der Waals surface area (Å²) in [6.07, 6.45) is 0. The van der Waals surface area contributed by atoms with Crippen molar-refractivity contribution in [2.75, 3.05) is 26.3 Å². The van der Waals surface area contributed by atoms with E-state index in [0.29, 0.717) is 32.0 Å². The summed E-state index contributed by atoms with van der Waals surface area (Å²) in [5, 5.41) is 4.22. The van der Waals surface area contributed by atoms with Gasteiger partial charge < -0.3 is 9.64 Å². The third-order valence-electron chi connectivity index (χ3n) is 5.40. The Bertz CT molecular complexity index is 1240. The number of aromatic nitrogens is 3. The summed E-state index contributed by atoms with van der Waals surface area (Å²) < 4.78 is 7.53. The van der Waals surface area contributed by atoms with Gasteiger partial charge in [-0.15, -0.1) is 0 Å². The van der Waals surface area contributed by atoms with Gasteiger partial charge in [0.15, 0.2) is 0 Å². The highest BCUT2D eigenvalue weighted by molar-refractivity contribution is 5.91. The maximum atomic E-state index is 13.3. The van der Waals surface area contributed by atoms with Crippen LogP contribution in [0, 0.1) is 13.8 Å². The first kappa shape index (κ1) is 20.7. The Hall–Kier alpha value is -3.52. The van der Waals surface area contributed by atoms with Crippen molar-refractivity contribution in [3.05, 3.63) is 91.8 Å². The summed E-state index contributed by atoms with van der Waals surface area (Å²) in [6, 6.07) is 14.8. The number of hydrogen-bond donors (Lipinski definition) is 0. The summed E-state index contributed by atoms with van der Waals surface area (Å²) in [6.45, 7) is 5.43. The van der Waals surface area contributed by atoms with Crippen molar-refractivity contribution in [2.24, 2.45) is 0 Å². The lowest BCUT2D eigenvalue weighted by Gasteiger charge is -2.26. The lowest BCUT2D eigenvalue weighted by molar-refractivity contribution is 0.0295. The van der Waals surface area contributed by atoms with Gasteiger partial charge in [-0.05, 0) is 42.7 Å². The highest BCUT2D eigenvalue weighted by Gasteiger charge is 2.26. The van der Waals surface area contributed by atoms with Crippen LogP contribution in [0.4, 0.5) is 0 Å². The molecule has 4 rings (SSSR count). The molecule has 0 aliphatic carbocycles. The minimum Gasteiger partial charge on any atom is -0.378 e. The molecule has 0 unspecified atom stereocenters. The van der Waals surface area contributed by atoms with E-state index in [2.05, 4.69) is 5.10 Å². The number of carbonyl (C=O) groups excluding carboxylic acids is 1. The van der Waals surface area contributed by atoms with Gasteiger partial charge in [0.2, 0.25) is 5.69 Å². The number of hydrogen-bond acceptors (Lipinski definition) is 5. The van der Waals surface area contributed by atoms with E-state index < -0.39 is 17.2 Å². The van der Waals surface area contributed by atoms with Gasteiger partial charge in [-0.1, -0.05) is 36.4 Å². The first-order chi connectivity index (χ1) is 15.0. The Kier molecular flexibility index (Phi) is 5.81. The number of aryl methyl sites for hydroxylation is 2. The normalized spacial score (nSPS) is 13.9. The maximum absolute atomic E-state index is 13.3. The molecule has 3 aromatic rings. The van der Waals surface area contributed by atoms with Gasteiger partial charge in [0, 0.05) is 13.1 Å². The molecule has 2 heterocycles. The van der Waals surface area contributed by atoms with Crippen LogP contribution < -0.4 is 11.2 Å². The van der Waals surface area contributed by atoms with E-state index in [0.717, 1.165) is 25.9 Å². The average Bonchev–Trinajstić information content (AvgIpc) is 2.78. The number of amides is 1. The molecule has 1 fully saturated rings. The molecule has 0 N–H and O–H groups in total. The zero-order valence-corrected chi connectivity index (χ0v) is 17.6. The van der Waals surface area contributed by atoms with Crippen molar-refractivity contribution in [2.45, 2.75) is 20.4 Å². The van der Waals surface area contributed by atoms with E-state index in [1.807, 2.05) is 44.2 Å². The van der Waals surface area contributed by atoms with Crippen LogP contribution in [0.3, 0.4) is 0 Å².